The fraction of sp³-hybridized carbons (Fsp3) is 0.167. The predicted octanol–water partition coefficient (Wildman–Crippen LogP) is 1.53. The van der Waals surface area contributed by atoms with Gasteiger partial charge in [-0.25, -0.2) is 18.4 Å². The number of hydrogen-bond donors (Lipinski definition) is 2. The summed E-state index contributed by atoms with van der Waals surface area (Å²) in [6.07, 6.45) is 1.17. The molecule has 3 N–H and O–H groups in total. The summed E-state index contributed by atoms with van der Waals surface area (Å²) < 4.78 is 31.3. The van der Waals surface area contributed by atoms with Gasteiger partial charge in [0.05, 0.1) is 0 Å². The number of anilines is 2. The minimum Gasteiger partial charge on any atom is -0.492 e. The van der Waals surface area contributed by atoms with Crippen molar-refractivity contribution >= 4 is 33.1 Å². The predicted molar refractivity (Wildman–Crippen MR) is 80.8 cm³/mol. The van der Waals surface area contributed by atoms with Crippen molar-refractivity contribution in [3.05, 3.63) is 41.8 Å². The SMILES string of the molecule is Nc1ccc(OCCS(=O)(=O)Nc2cc(Cl)ncn2)cc1. The van der Waals surface area contributed by atoms with Crippen molar-refractivity contribution in [1.29, 1.82) is 0 Å². The monoisotopic (exact) mass is 328 g/mol. The Bertz CT molecular complexity index is 707. The van der Waals surface area contributed by atoms with Crippen LogP contribution in [0.1, 0.15) is 0 Å². The molecule has 0 atom stereocenters. The third-order valence-corrected chi connectivity index (χ3v) is 3.83. The highest BCUT2D eigenvalue weighted by atomic mass is 35.5. The molecule has 2 aromatic rings. The zero-order valence-corrected chi connectivity index (χ0v) is 12.4. The number of nitrogens with zero attached hydrogens (tertiary/aromatic N) is 2. The van der Waals surface area contributed by atoms with Crippen molar-refractivity contribution in [3.63, 3.8) is 0 Å². The summed E-state index contributed by atoms with van der Waals surface area (Å²) in [4.78, 5) is 7.42. The molecule has 0 spiro atoms. The molecule has 0 fully saturated rings. The second-order valence-corrected chi connectivity index (χ2v) is 6.29. The lowest BCUT2D eigenvalue weighted by Crippen LogP contribution is -2.21. The average molecular weight is 329 g/mol. The number of ether oxygens (including phenoxy) is 1. The van der Waals surface area contributed by atoms with Crippen molar-refractivity contribution in [1.82, 2.24) is 9.97 Å². The zero-order chi connectivity index (χ0) is 15.3. The molecule has 0 radical (unpaired) electrons. The molecule has 0 saturated carbocycles. The van der Waals surface area contributed by atoms with E-state index in [0.717, 1.165) is 0 Å². The maximum atomic E-state index is 11.8. The van der Waals surface area contributed by atoms with Crippen LogP contribution in [0.25, 0.3) is 0 Å². The van der Waals surface area contributed by atoms with E-state index in [9.17, 15) is 8.42 Å². The molecule has 0 aliphatic heterocycles. The van der Waals surface area contributed by atoms with Gasteiger partial charge in [-0.1, -0.05) is 11.6 Å². The first-order valence-electron chi connectivity index (χ1n) is 5.91. The number of rotatable bonds is 6. The summed E-state index contributed by atoms with van der Waals surface area (Å²) in [5, 5.41) is 0.154. The topological polar surface area (TPSA) is 107 Å². The van der Waals surface area contributed by atoms with Gasteiger partial charge in [-0.3, -0.25) is 4.72 Å². The van der Waals surface area contributed by atoms with Gasteiger partial charge in [0, 0.05) is 11.8 Å². The molecule has 0 amide bonds. The highest BCUT2D eigenvalue weighted by Crippen LogP contribution is 2.13. The molecule has 1 aromatic heterocycles. The van der Waals surface area contributed by atoms with Gasteiger partial charge in [-0.05, 0) is 24.3 Å². The third-order valence-electron chi connectivity index (χ3n) is 2.39. The first-order chi connectivity index (χ1) is 9.94. The lowest BCUT2D eigenvalue weighted by Gasteiger charge is -2.09. The molecule has 1 aromatic carbocycles. The van der Waals surface area contributed by atoms with Crippen molar-refractivity contribution in [2.75, 3.05) is 22.8 Å². The Labute approximate surface area is 127 Å². The van der Waals surface area contributed by atoms with E-state index in [1.54, 1.807) is 24.3 Å². The molecule has 112 valence electrons. The van der Waals surface area contributed by atoms with E-state index >= 15 is 0 Å². The fourth-order valence-corrected chi connectivity index (χ4v) is 2.42. The molecule has 7 nitrogen and oxygen atoms in total. The standard InChI is InChI=1S/C12H13ClN4O3S/c13-11-7-12(16-8-15-11)17-21(18,19)6-5-20-10-3-1-9(14)2-4-10/h1-4,7-8H,5-6,14H2,(H,15,16,17). The molecule has 2 rings (SSSR count). The van der Waals surface area contributed by atoms with Gasteiger partial charge in [0.15, 0.2) is 0 Å². The molecule has 0 saturated heterocycles. The molecule has 0 bridgehead atoms. The van der Waals surface area contributed by atoms with Crippen LogP contribution in [0.5, 0.6) is 5.75 Å². The smallest absolute Gasteiger partial charge is 0.237 e. The minimum absolute atomic E-state index is 0.00192. The first kappa shape index (κ1) is 15.3. The van der Waals surface area contributed by atoms with Gasteiger partial charge in [-0.2, -0.15) is 0 Å². The van der Waals surface area contributed by atoms with Gasteiger partial charge in [-0.15, -0.1) is 0 Å². The van der Waals surface area contributed by atoms with Crippen molar-refractivity contribution in [3.8, 4) is 5.75 Å². The van der Waals surface area contributed by atoms with Gasteiger partial charge in [0.1, 0.15) is 35.4 Å². The summed E-state index contributed by atoms with van der Waals surface area (Å²) in [7, 11) is -3.58. The van der Waals surface area contributed by atoms with Crippen LogP contribution < -0.4 is 15.2 Å². The third kappa shape index (κ3) is 5.09. The molecule has 21 heavy (non-hydrogen) atoms. The quantitative estimate of drug-likeness (QED) is 0.615. The maximum absolute atomic E-state index is 11.8. The Balaban J connectivity index is 1.88. The van der Waals surface area contributed by atoms with Crippen LogP contribution in [0.4, 0.5) is 11.5 Å². The van der Waals surface area contributed by atoms with Crippen LogP contribution in [0, 0.1) is 0 Å². The lowest BCUT2D eigenvalue weighted by molar-refractivity contribution is 0.341. The second-order valence-electron chi connectivity index (χ2n) is 4.06. The number of sulfonamides is 1. The minimum atomic E-state index is -3.58. The Morgan fingerprint density at radius 2 is 1.95 bits per heavy atom. The van der Waals surface area contributed by atoms with Crippen LogP contribution in [-0.2, 0) is 10.0 Å². The summed E-state index contributed by atoms with van der Waals surface area (Å²) in [6, 6.07) is 8.00. The van der Waals surface area contributed by atoms with Crippen molar-refractivity contribution in [2.24, 2.45) is 0 Å². The van der Waals surface area contributed by atoms with Gasteiger partial charge < -0.3 is 10.5 Å². The van der Waals surface area contributed by atoms with Crippen molar-refractivity contribution < 1.29 is 13.2 Å². The van der Waals surface area contributed by atoms with Gasteiger partial charge in [0.2, 0.25) is 10.0 Å². The van der Waals surface area contributed by atoms with Crippen LogP contribution in [0.3, 0.4) is 0 Å². The van der Waals surface area contributed by atoms with Crippen LogP contribution >= 0.6 is 11.6 Å². The number of nitrogens with one attached hydrogen (secondary N) is 1. The number of nitrogen functional groups attached to an aromatic ring is 1. The number of hydrogen-bond acceptors (Lipinski definition) is 6. The number of halogens is 1. The second kappa shape index (κ2) is 6.59. The number of nitrogens with two attached hydrogens (primary N) is 1. The Kier molecular flexibility index (Phi) is 4.81. The number of aromatic nitrogens is 2. The molecule has 1 heterocycles. The molecular weight excluding hydrogens is 316 g/mol. The molecule has 0 aliphatic carbocycles. The number of benzene rings is 1. The summed E-state index contributed by atoms with van der Waals surface area (Å²) in [5.74, 6) is 0.436. The Morgan fingerprint density at radius 1 is 1.24 bits per heavy atom. The van der Waals surface area contributed by atoms with Crippen molar-refractivity contribution in [2.45, 2.75) is 0 Å². The Morgan fingerprint density at radius 3 is 2.62 bits per heavy atom. The maximum Gasteiger partial charge on any atom is 0.237 e. The first-order valence-corrected chi connectivity index (χ1v) is 7.94. The molecule has 9 heteroatoms. The van der Waals surface area contributed by atoms with E-state index in [2.05, 4.69) is 14.7 Å². The molecule has 0 aliphatic rings. The average Bonchev–Trinajstić information content (AvgIpc) is 2.40. The Hall–Kier alpha value is -2.06. The molecule has 0 unspecified atom stereocenters. The molecular formula is C12H13ClN4O3S. The highest BCUT2D eigenvalue weighted by Gasteiger charge is 2.12. The zero-order valence-electron chi connectivity index (χ0n) is 10.9. The van der Waals surface area contributed by atoms with Gasteiger partial charge in [0.25, 0.3) is 0 Å². The van der Waals surface area contributed by atoms with Crippen LogP contribution in [0.2, 0.25) is 5.15 Å². The van der Waals surface area contributed by atoms with E-state index in [1.807, 2.05) is 0 Å². The lowest BCUT2D eigenvalue weighted by atomic mass is 10.3. The van der Waals surface area contributed by atoms with E-state index in [1.165, 1.54) is 12.4 Å². The largest absolute Gasteiger partial charge is 0.492 e. The van der Waals surface area contributed by atoms with E-state index in [-0.39, 0.29) is 23.3 Å². The van der Waals surface area contributed by atoms with Gasteiger partial charge >= 0.3 is 0 Å². The summed E-state index contributed by atoms with van der Waals surface area (Å²) >= 11 is 5.65. The fourth-order valence-electron chi connectivity index (χ4n) is 1.43. The summed E-state index contributed by atoms with van der Waals surface area (Å²) in [6.45, 7) is -0.00192. The normalized spacial score (nSPS) is 11.1. The van der Waals surface area contributed by atoms with E-state index in [4.69, 9.17) is 22.1 Å². The van der Waals surface area contributed by atoms with Crippen LogP contribution in [-0.4, -0.2) is 30.7 Å². The van der Waals surface area contributed by atoms with E-state index in [0.29, 0.717) is 11.4 Å². The van der Waals surface area contributed by atoms with E-state index < -0.39 is 10.0 Å². The summed E-state index contributed by atoms with van der Waals surface area (Å²) in [5.41, 5.74) is 6.15. The van der Waals surface area contributed by atoms with Crippen LogP contribution in [0.15, 0.2) is 36.7 Å². The highest BCUT2D eigenvalue weighted by molar-refractivity contribution is 7.92.